The van der Waals surface area contributed by atoms with E-state index >= 15 is 0 Å². The molecule has 1 unspecified atom stereocenters. The third kappa shape index (κ3) is 2.28. The summed E-state index contributed by atoms with van der Waals surface area (Å²) in [4.78, 5) is 0. The summed E-state index contributed by atoms with van der Waals surface area (Å²) in [6.07, 6.45) is -1.02. The first kappa shape index (κ1) is 12.4. The molecule has 3 nitrogen and oxygen atoms in total. The molecule has 2 rings (SSSR count). The Kier molecular flexibility index (Phi) is 3.48. The van der Waals surface area contributed by atoms with Crippen molar-refractivity contribution in [3.05, 3.63) is 59.4 Å². The minimum absolute atomic E-state index is 0.357. The number of hydrogen-bond donors (Lipinski definition) is 2. The van der Waals surface area contributed by atoms with Gasteiger partial charge in [-0.05, 0) is 24.3 Å². The number of benzene rings is 2. The number of nitrogen functional groups attached to an aromatic ring is 1. The Morgan fingerprint density at radius 2 is 1.89 bits per heavy atom. The fourth-order valence-electron chi connectivity index (χ4n) is 1.85. The Bertz CT molecular complexity index is 557. The average Bonchev–Trinajstić information content (AvgIpc) is 2.38. The summed E-state index contributed by atoms with van der Waals surface area (Å²) in [5, 5.41) is 10.3. The van der Waals surface area contributed by atoms with Gasteiger partial charge in [-0.2, -0.15) is 0 Å². The van der Waals surface area contributed by atoms with E-state index in [1.807, 2.05) is 0 Å². The standard InChI is InChI=1S/C14H14FNO2/c1-18-13-7-6-9(15)8-11(13)14(17)10-4-2-3-5-12(10)16/h2-8,14,17H,16H2,1H3. The summed E-state index contributed by atoms with van der Waals surface area (Å²) in [5.41, 5.74) is 7.13. The van der Waals surface area contributed by atoms with Crippen molar-refractivity contribution in [1.29, 1.82) is 0 Å². The van der Waals surface area contributed by atoms with Crippen LogP contribution in [0.4, 0.5) is 10.1 Å². The molecule has 0 fully saturated rings. The first-order valence-corrected chi connectivity index (χ1v) is 5.49. The van der Waals surface area contributed by atoms with Gasteiger partial charge < -0.3 is 15.6 Å². The van der Waals surface area contributed by atoms with E-state index in [-0.39, 0.29) is 0 Å². The van der Waals surface area contributed by atoms with Crippen LogP contribution in [0, 0.1) is 5.82 Å². The molecular formula is C14H14FNO2. The highest BCUT2D eigenvalue weighted by Crippen LogP contribution is 2.32. The Balaban J connectivity index is 2.48. The van der Waals surface area contributed by atoms with Crippen LogP contribution < -0.4 is 10.5 Å². The lowest BCUT2D eigenvalue weighted by molar-refractivity contribution is 0.215. The molecule has 0 aromatic heterocycles. The molecule has 2 aromatic carbocycles. The average molecular weight is 247 g/mol. The Morgan fingerprint density at radius 3 is 2.56 bits per heavy atom. The third-order valence-electron chi connectivity index (χ3n) is 2.78. The van der Waals surface area contributed by atoms with Gasteiger partial charge >= 0.3 is 0 Å². The van der Waals surface area contributed by atoms with Gasteiger partial charge in [0.25, 0.3) is 0 Å². The maximum absolute atomic E-state index is 13.3. The number of anilines is 1. The third-order valence-corrected chi connectivity index (χ3v) is 2.78. The van der Waals surface area contributed by atoms with Crippen LogP contribution in [0.3, 0.4) is 0 Å². The highest BCUT2D eigenvalue weighted by atomic mass is 19.1. The largest absolute Gasteiger partial charge is 0.496 e. The van der Waals surface area contributed by atoms with Crippen molar-refractivity contribution in [3.8, 4) is 5.75 Å². The van der Waals surface area contributed by atoms with Gasteiger partial charge in [-0.15, -0.1) is 0 Å². The first-order chi connectivity index (χ1) is 8.63. The Morgan fingerprint density at radius 1 is 1.17 bits per heavy atom. The molecule has 0 bridgehead atoms. The predicted molar refractivity (Wildman–Crippen MR) is 67.9 cm³/mol. The maximum atomic E-state index is 13.3. The van der Waals surface area contributed by atoms with Crippen LogP contribution in [-0.4, -0.2) is 12.2 Å². The first-order valence-electron chi connectivity index (χ1n) is 5.49. The molecule has 0 aliphatic heterocycles. The number of halogens is 1. The van der Waals surface area contributed by atoms with Crippen LogP contribution >= 0.6 is 0 Å². The zero-order chi connectivity index (χ0) is 13.1. The Hall–Kier alpha value is -2.07. The molecule has 4 heteroatoms. The van der Waals surface area contributed by atoms with E-state index in [9.17, 15) is 9.50 Å². The fraction of sp³-hybridized carbons (Fsp3) is 0.143. The van der Waals surface area contributed by atoms with Crippen molar-refractivity contribution >= 4 is 5.69 Å². The lowest BCUT2D eigenvalue weighted by Gasteiger charge is -2.16. The number of hydrogen-bond acceptors (Lipinski definition) is 3. The molecule has 0 radical (unpaired) electrons. The summed E-state index contributed by atoms with van der Waals surface area (Å²) in [6.45, 7) is 0. The monoisotopic (exact) mass is 247 g/mol. The van der Waals surface area contributed by atoms with Crippen LogP contribution in [0.25, 0.3) is 0 Å². The molecule has 2 aromatic rings. The Labute approximate surface area is 105 Å². The summed E-state index contributed by atoms with van der Waals surface area (Å²) in [5.74, 6) is -0.00787. The quantitative estimate of drug-likeness (QED) is 0.819. The summed E-state index contributed by atoms with van der Waals surface area (Å²) < 4.78 is 18.4. The zero-order valence-corrected chi connectivity index (χ0v) is 9.93. The van der Waals surface area contributed by atoms with E-state index in [4.69, 9.17) is 10.5 Å². The van der Waals surface area contributed by atoms with Crippen molar-refractivity contribution in [2.45, 2.75) is 6.10 Å². The van der Waals surface area contributed by atoms with Gasteiger partial charge in [-0.25, -0.2) is 4.39 Å². The van der Waals surface area contributed by atoms with Gasteiger partial charge in [0.05, 0.1) is 7.11 Å². The van der Waals surface area contributed by atoms with Crippen LogP contribution in [-0.2, 0) is 0 Å². The van der Waals surface area contributed by atoms with E-state index in [1.54, 1.807) is 24.3 Å². The molecule has 0 spiro atoms. The molecule has 94 valence electrons. The van der Waals surface area contributed by atoms with Gasteiger partial charge in [-0.3, -0.25) is 0 Å². The lowest BCUT2D eigenvalue weighted by Crippen LogP contribution is -2.05. The minimum Gasteiger partial charge on any atom is -0.496 e. The van der Waals surface area contributed by atoms with Crippen molar-refractivity contribution < 1.29 is 14.2 Å². The molecule has 18 heavy (non-hydrogen) atoms. The molecule has 0 saturated carbocycles. The number of para-hydroxylation sites is 1. The van der Waals surface area contributed by atoms with Crippen molar-refractivity contribution in [1.82, 2.24) is 0 Å². The van der Waals surface area contributed by atoms with E-state index in [2.05, 4.69) is 0 Å². The topological polar surface area (TPSA) is 55.5 Å². The van der Waals surface area contributed by atoms with Gasteiger partial charge in [0, 0.05) is 16.8 Å². The number of aliphatic hydroxyl groups is 1. The second-order valence-corrected chi connectivity index (χ2v) is 3.92. The summed E-state index contributed by atoms with van der Waals surface area (Å²) >= 11 is 0. The number of ether oxygens (including phenoxy) is 1. The SMILES string of the molecule is COc1ccc(F)cc1C(O)c1ccccc1N. The van der Waals surface area contributed by atoms with E-state index < -0.39 is 11.9 Å². The van der Waals surface area contributed by atoms with Gasteiger partial charge in [-0.1, -0.05) is 18.2 Å². The van der Waals surface area contributed by atoms with Gasteiger partial charge in [0.1, 0.15) is 17.7 Å². The van der Waals surface area contributed by atoms with Gasteiger partial charge in [0.2, 0.25) is 0 Å². The molecule has 1 atom stereocenters. The lowest BCUT2D eigenvalue weighted by atomic mass is 9.99. The van der Waals surface area contributed by atoms with E-state index in [0.29, 0.717) is 22.6 Å². The van der Waals surface area contributed by atoms with Crippen molar-refractivity contribution in [2.75, 3.05) is 12.8 Å². The van der Waals surface area contributed by atoms with Crippen LogP contribution in [0.2, 0.25) is 0 Å². The van der Waals surface area contributed by atoms with E-state index in [1.165, 1.54) is 25.3 Å². The van der Waals surface area contributed by atoms with Crippen molar-refractivity contribution in [2.24, 2.45) is 0 Å². The minimum atomic E-state index is -1.02. The number of methoxy groups -OCH3 is 1. The summed E-state index contributed by atoms with van der Waals surface area (Å²) in [7, 11) is 1.47. The van der Waals surface area contributed by atoms with Crippen LogP contribution in [0.15, 0.2) is 42.5 Å². The summed E-state index contributed by atoms with van der Waals surface area (Å²) in [6, 6.07) is 10.9. The second kappa shape index (κ2) is 5.06. The number of aliphatic hydroxyl groups excluding tert-OH is 1. The number of nitrogens with two attached hydrogens (primary N) is 1. The molecule has 0 heterocycles. The molecule has 0 amide bonds. The van der Waals surface area contributed by atoms with Gasteiger partial charge in [0.15, 0.2) is 0 Å². The van der Waals surface area contributed by atoms with Crippen LogP contribution in [0.1, 0.15) is 17.2 Å². The molecule has 0 saturated heterocycles. The maximum Gasteiger partial charge on any atom is 0.125 e. The predicted octanol–water partition coefficient (Wildman–Crippen LogP) is 2.50. The molecular weight excluding hydrogens is 233 g/mol. The van der Waals surface area contributed by atoms with E-state index in [0.717, 1.165) is 0 Å². The zero-order valence-electron chi connectivity index (χ0n) is 9.93. The second-order valence-electron chi connectivity index (χ2n) is 3.92. The highest BCUT2D eigenvalue weighted by molar-refractivity contribution is 5.52. The molecule has 0 aliphatic carbocycles. The smallest absolute Gasteiger partial charge is 0.125 e. The highest BCUT2D eigenvalue weighted by Gasteiger charge is 2.18. The van der Waals surface area contributed by atoms with Crippen molar-refractivity contribution in [3.63, 3.8) is 0 Å². The number of rotatable bonds is 3. The molecule has 3 N–H and O–H groups in total. The fourth-order valence-corrected chi connectivity index (χ4v) is 1.85. The normalized spacial score (nSPS) is 12.2. The molecule has 0 aliphatic rings. The van der Waals surface area contributed by atoms with Crippen LogP contribution in [0.5, 0.6) is 5.75 Å².